The number of hydrogen-bond donors (Lipinski definition) is 1. The number of carbonyl (C=O) groups excluding carboxylic acids is 1. The molecule has 0 saturated heterocycles. The average molecular weight is 261 g/mol. The van der Waals surface area contributed by atoms with Crippen LogP contribution in [0.2, 0.25) is 0 Å². The summed E-state index contributed by atoms with van der Waals surface area (Å²) in [6.07, 6.45) is 1.66. The zero-order chi connectivity index (χ0) is 13.7. The third-order valence-corrected chi connectivity index (χ3v) is 5.31. The Bertz CT molecular complexity index is 278. The topological polar surface area (TPSA) is 46.2 Å². The number of rotatable bonds is 6. The van der Waals surface area contributed by atoms with Crippen molar-refractivity contribution in [3.8, 4) is 0 Å². The summed E-state index contributed by atoms with van der Waals surface area (Å²) in [5, 5.41) is 2.90. The molecule has 0 aromatic carbocycles. The van der Waals surface area contributed by atoms with Crippen molar-refractivity contribution in [1.29, 1.82) is 0 Å². The molecule has 0 aliphatic rings. The van der Waals surface area contributed by atoms with E-state index in [9.17, 15) is 9.00 Å². The van der Waals surface area contributed by atoms with E-state index in [1.807, 2.05) is 41.5 Å². The van der Waals surface area contributed by atoms with E-state index >= 15 is 0 Å². The van der Waals surface area contributed by atoms with Crippen molar-refractivity contribution in [2.24, 2.45) is 5.41 Å². The monoisotopic (exact) mass is 261 g/mol. The maximum atomic E-state index is 11.9. The van der Waals surface area contributed by atoms with Crippen LogP contribution in [0, 0.1) is 5.41 Å². The largest absolute Gasteiger partial charge is 0.355 e. The molecule has 0 saturated carbocycles. The molecule has 4 heteroatoms. The van der Waals surface area contributed by atoms with Crippen molar-refractivity contribution in [2.45, 2.75) is 59.1 Å². The van der Waals surface area contributed by atoms with Crippen LogP contribution >= 0.6 is 0 Å². The lowest BCUT2D eigenvalue weighted by atomic mass is 9.84. The van der Waals surface area contributed by atoms with Gasteiger partial charge < -0.3 is 5.32 Å². The first-order chi connectivity index (χ1) is 7.67. The molecule has 0 rings (SSSR count). The van der Waals surface area contributed by atoms with Crippen LogP contribution in [0.5, 0.6) is 0 Å². The lowest BCUT2D eigenvalue weighted by Crippen LogP contribution is -2.40. The van der Waals surface area contributed by atoms with Crippen molar-refractivity contribution in [3.05, 3.63) is 0 Å². The minimum Gasteiger partial charge on any atom is -0.355 e. The summed E-state index contributed by atoms with van der Waals surface area (Å²) in [7, 11) is -0.899. The highest BCUT2D eigenvalue weighted by molar-refractivity contribution is 7.86. The second-order valence-electron chi connectivity index (χ2n) is 5.69. The maximum absolute atomic E-state index is 11.9. The van der Waals surface area contributed by atoms with Gasteiger partial charge in [0, 0.05) is 33.3 Å². The fraction of sp³-hybridized carbons (Fsp3) is 0.923. The molecule has 0 spiro atoms. The molecule has 0 aliphatic carbocycles. The zero-order valence-corrected chi connectivity index (χ0v) is 12.9. The molecule has 0 bridgehead atoms. The highest BCUT2D eigenvalue weighted by atomic mass is 32.2. The predicted octanol–water partition coefficient (Wildman–Crippen LogP) is 2.48. The lowest BCUT2D eigenvalue weighted by molar-refractivity contribution is -0.130. The SMILES string of the molecule is CCC(C)(CC)C(=O)NCC[S@](=O)C(C)(C)C. The van der Waals surface area contributed by atoms with Gasteiger partial charge in [0.1, 0.15) is 0 Å². The second kappa shape index (κ2) is 6.53. The Morgan fingerprint density at radius 1 is 1.12 bits per heavy atom. The molecule has 0 aromatic rings. The van der Waals surface area contributed by atoms with Crippen molar-refractivity contribution in [1.82, 2.24) is 5.32 Å². The van der Waals surface area contributed by atoms with Gasteiger partial charge in [0.25, 0.3) is 0 Å². The van der Waals surface area contributed by atoms with Crippen LogP contribution in [0.4, 0.5) is 0 Å². The molecule has 17 heavy (non-hydrogen) atoms. The smallest absolute Gasteiger partial charge is 0.225 e. The number of amides is 1. The van der Waals surface area contributed by atoms with Gasteiger partial charge in [-0.25, -0.2) is 0 Å². The maximum Gasteiger partial charge on any atom is 0.225 e. The van der Waals surface area contributed by atoms with Gasteiger partial charge >= 0.3 is 0 Å². The van der Waals surface area contributed by atoms with Crippen molar-refractivity contribution >= 4 is 16.7 Å². The van der Waals surface area contributed by atoms with E-state index in [0.717, 1.165) is 12.8 Å². The summed E-state index contributed by atoms with van der Waals surface area (Å²) < 4.78 is 11.6. The second-order valence-corrected chi connectivity index (χ2v) is 8.01. The Morgan fingerprint density at radius 2 is 1.59 bits per heavy atom. The number of nitrogens with one attached hydrogen (secondary N) is 1. The molecule has 3 nitrogen and oxygen atoms in total. The summed E-state index contributed by atoms with van der Waals surface area (Å²) in [6.45, 7) is 12.4. The minimum atomic E-state index is -0.899. The molecule has 0 fully saturated rings. The van der Waals surface area contributed by atoms with Crippen molar-refractivity contribution in [2.75, 3.05) is 12.3 Å². The first kappa shape index (κ1) is 16.6. The Hall–Kier alpha value is -0.380. The Morgan fingerprint density at radius 3 is 1.94 bits per heavy atom. The molecule has 102 valence electrons. The minimum absolute atomic E-state index is 0.0772. The van der Waals surface area contributed by atoms with Gasteiger partial charge in [-0.05, 0) is 33.6 Å². The van der Waals surface area contributed by atoms with E-state index < -0.39 is 10.8 Å². The quantitative estimate of drug-likeness (QED) is 0.798. The number of hydrogen-bond acceptors (Lipinski definition) is 2. The van der Waals surface area contributed by atoms with Crippen molar-refractivity contribution in [3.63, 3.8) is 0 Å². The molecule has 1 amide bonds. The van der Waals surface area contributed by atoms with E-state index in [-0.39, 0.29) is 16.1 Å². The van der Waals surface area contributed by atoms with E-state index in [4.69, 9.17) is 0 Å². The number of carbonyl (C=O) groups is 1. The van der Waals surface area contributed by atoms with Crippen LogP contribution in [0.15, 0.2) is 0 Å². The first-order valence-corrected chi connectivity index (χ1v) is 7.66. The van der Waals surface area contributed by atoms with E-state index in [2.05, 4.69) is 5.32 Å². The van der Waals surface area contributed by atoms with Crippen LogP contribution in [0.1, 0.15) is 54.4 Å². The summed E-state index contributed by atoms with van der Waals surface area (Å²) in [5.74, 6) is 0.604. The van der Waals surface area contributed by atoms with Gasteiger partial charge in [0.05, 0.1) is 0 Å². The van der Waals surface area contributed by atoms with Gasteiger partial charge in [-0.3, -0.25) is 9.00 Å². The lowest BCUT2D eigenvalue weighted by Gasteiger charge is -2.25. The third kappa shape index (κ3) is 5.19. The first-order valence-electron chi connectivity index (χ1n) is 6.34. The molecule has 0 aromatic heterocycles. The third-order valence-electron chi connectivity index (χ3n) is 3.36. The molecule has 1 N–H and O–H groups in total. The van der Waals surface area contributed by atoms with Crippen LogP contribution in [-0.2, 0) is 15.6 Å². The standard InChI is InChI=1S/C13H27NO2S/c1-7-13(6,8-2)11(15)14-9-10-17(16)12(3,4)5/h7-10H2,1-6H3,(H,14,15)/t17-/m0/s1. The molecule has 0 aliphatic heterocycles. The molecule has 0 unspecified atom stereocenters. The van der Waals surface area contributed by atoms with Crippen LogP contribution < -0.4 is 5.32 Å². The summed E-state index contributed by atoms with van der Waals surface area (Å²) >= 11 is 0. The van der Waals surface area contributed by atoms with Crippen molar-refractivity contribution < 1.29 is 9.00 Å². The van der Waals surface area contributed by atoms with E-state index in [1.165, 1.54) is 0 Å². The van der Waals surface area contributed by atoms with E-state index in [1.54, 1.807) is 0 Å². The molecular formula is C13H27NO2S. The zero-order valence-electron chi connectivity index (χ0n) is 12.1. The summed E-state index contributed by atoms with van der Waals surface area (Å²) in [5.41, 5.74) is -0.288. The van der Waals surface area contributed by atoms with Gasteiger partial charge in [0.15, 0.2) is 0 Å². The molecule has 1 atom stereocenters. The van der Waals surface area contributed by atoms with Crippen LogP contribution in [-0.4, -0.2) is 27.2 Å². The Labute approximate surface area is 108 Å². The summed E-state index contributed by atoms with van der Waals surface area (Å²) in [4.78, 5) is 11.9. The van der Waals surface area contributed by atoms with Crippen LogP contribution in [0.3, 0.4) is 0 Å². The molecule has 0 radical (unpaired) electrons. The fourth-order valence-corrected chi connectivity index (χ4v) is 2.25. The van der Waals surface area contributed by atoms with Gasteiger partial charge in [-0.2, -0.15) is 0 Å². The van der Waals surface area contributed by atoms with Crippen LogP contribution in [0.25, 0.3) is 0 Å². The average Bonchev–Trinajstić information content (AvgIpc) is 2.26. The summed E-state index contributed by atoms with van der Waals surface area (Å²) in [6, 6.07) is 0. The predicted molar refractivity (Wildman–Crippen MR) is 74.5 cm³/mol. The van der Waals surface area contributed by atoms with Gasteiger partial charge in [-0.1, -0.05) is 20.8 Å². The highest BCUT2D eigenvalue weighted by Crippen LogP contribution is 2.25. The molecule has 0 heterocycles. The Kier molecular flexibility index (Phi) is 6.38. The molecular weight excluding hydrogens is 234 g/mol. The van der Waals surface area contributed by atoms with Gasteiger partial charge in [-0.15, -0.1) is 0 Å². The Balaban J connectivity index is 4.15. The normalized spacial score (nSPS) is 14.5. The van der Waals surface area contributed by atoms with Gasteiger partial charge in [0.2, 0.25) is 5.91 Å². The fourth-order valence-electron chi connectivity index (χ4n) is 1.35. The van der Waals surface area contributed by atoms with E-state index in [0.29, 0.717) is 12.3 Å². The highest BCUT2D eigenvalue weighted by Gasteiger charge is 2.29.